The van der Waals surface area contributed by atoms with Crippen LogP contribution in [0.5, 0.6) is 0 Å². The number of hydrogen-bond donors (Lipinski definition) is 2. The van der Waals surface area contributed by atoms with Crippen LogP contribution >= 0.6 is 23.1 Å². The Kier molecular flexibility index (Phi) is 5.80. The average Bonchev–Trinajstić information content (AvgIpc) is 3.40. The Morgan fingerprint density at radius 1 is 1.03 bits per heavy atom. The van der Waals surface area contributed by atoms with Crippen molar-refractivity contribution in [3.8, 4) is 0 Å². The van der Waals surface area contributed by atoms with Crippen molar-refractivity contribution in [2.45, 2.75) is 17.6 Å². The first-order valence-electron chi connectivity index (χ1n) is 10.2. The molecule has 0 spiro atoms. The number of thioether (sulfide) groups is 1. The van der Waals surface area contributed by atoms with Crippen molar-refractivity contribution in [2.75, 3.05) is 10.6 Å². The van der Waals surface area contributed by atoms with Crippen molar-refractivity contribution in [1.29, 1.82) is 0 Å². The first kappa shape index (κ1) is 21.2. The molecule has 2 amide bonds. The van der Waals surface area contributed by atoms with E-state index in [9.17, 15) is 9.59 Å². The molecule has 7 nitrogen and oxygen atoms in total. The van der Waals surface area contributed by atoms with Crippen molar-refractivity contribution in [3.63, 3.8) is 0 Å². The van der Waals surface area contributed by atoms with E-state index in [-0.39, 0.29) is 11.8 Å². The lowest BCUT2D eigenvalue weighted by atomic mass is 10.2. The van der Waals surface area contributed by atoms with Gasteiger partial charge in [0, 0.05) is 35.7 Å². The molecular weight excluding hydrogens is 454 g/mol. The van der Waals surface area contributed by atoms with Crippen molar-refractivity contribution in [3.05, 3.63) is 84.3 Å². The molecule has 9 heteroatoms. The third-order valence-corrected chi connectivity index (χ3v) is 6.89. The number of hydrogen-bond acceptors (Lipinski definition) is 6. The minimum atomic E-state index is -0.181. The molecule has 0 atom stereocenters. The van der Waals surface area contributed by atoms with Gasteiger partial charge in [-0.25, -0.2) is 9.97 Å². The van der Waals surface area contributed by atoms with Gasteiger partial charge in [0.15, 0.2) is 5.13 Å². The highest BCUT2D eigenvalue weighted by Crippen LogP contribution is 2.30. The molecule has 2 N–H and O–H groups in total. The number of aromatic nitrogens is 3. The topological polar surface area (TPSA) is 88.4 Å². The van der Waals surface area contributed by atoms with Gasteiger partial charge in [-0.3, -0.25) is 9.59 Å². The van der Waals surface area contributed by atoms with Gasteiger partial charge in [0.2, 0.25) is 5.91 Å². The molecule has 3 heterocycles. The molecule has 0 saturated heterocycles. The first-order chi connectivity index (χ1) is 16.0. The van der Waals surface area contributed by atoms with Crippen LogP contribution in [0.2, 0.25) is 0 Å². The molecule has 0 aliphatic carbocycles. The number of rotatable bonds is 6. The van der Waals surface area contributed by atoms with Crippen LogP contribution in [0.3, 0.4) is 0 Å². The van der Waals surface area contributed by atoms with Gasteiger partial charge in [0.25, 0.3) is 5.91 Å². The SMILES string of the molecule is CC(=O)Nc1nc2ccc(NC(=O)c3ccccc3SCc3cn4ccccc4n3)cc2s1. The molecule has 2 aromatic carbocycles. The van der Waals surface area contributed by atoms with E-state index in [0.717, 1.165) is 26.5 Å². The van der Waals surface area contributed by atoms with Crippen LogP contribution < -0.4 is 10.6 Å². The van der Waals surface area contributed by atoms with Crippen LogP contribution in [0, 0.1) is 0 Å². The van der Waals surface area contributed by atoms with Gasteiger partial charge >= 0.3 is 0 Å². The minimum absolute atomic E-state index is 0.166. The zero-order valence-corrected chi connectivity index (χ0v) is 19.2. The van der Waals surface area contributed by atoms with Gasteiger partial charge < -0.3 is 15.0 Å². The molecule has 0 bridgehead atoms. The number of anilines is 2. The summed E-state index contributed by atoms with van der Waals surface area (Å²) in [5.41, 5.74) is 3.90. The molecule has 5 aromatic rings. The summed E-state index contributed by atoms with van der Waals surface area (Å²) in [5.74, 6) is 0.310. The molecule has 0 unspecified atom stereocenters. The van der Waals surface area contributed by atoms with Gasteiger partial charge in [0.1, 0.15) is 5.65 Å². The van der Waals surface area contributed by atoms with Crippen molar-refractivity contribution >= 4 is 61.6 Å². The molecular formula is C24H19N5O2S2. The van der Waals surface area contributed by atoms with Crippen LogP contribution in [0.1, 0.15) is 23.0 Å². The molecule has 3 aromatic heterocycles. The predicted octanol–water partition coefficient (Wildman–Crippen LogP) is 5.45. The lowest BCUT2D eigenvalue weighted by molar-refractivity contribution is -0.114. The van der Waals surface area contributed by atoms with Gasteiger partial charge in [0.05, 0.1) is 21.5 Å². The fourth-order valence-corrected chi connectivity index (χ4v) is 5.28. The Bertz CT molecular complexity index is 1460. The molecule has 0 saturated carbocycles. The summed E-state index contributed by atoms with van der Waals surface area (Å²) in [6.07, 6.45) is 3.97. The van der Waals surface area contributed by atoms with Crippen LogP contribution in [-0.2, 0) is 10.5 Å². The summed E-state index contributed by atoms with van der Waals surface area (Å²) >= 11 is 2.95. The Labute approximate surface area is 197 Å². The quantitative estimate of drug-likeness (QED) is 0.320. The lowest BCUT2D eigenvalue weighted by Gasteiger charge is -2.09. The Morgan fingerprint density at radius 2 is 1.88 bits per heavy atom. The van der Waals surface area contributed by atoms with Gasteiger partial charge in [-0.1, -0.05) is 29.5 Å². The fourth-order valence-electron chi connectivity index (χ4n) is 3.39. The second kappa shape index (κ2) is 9.05. The number of nitrogens with one attached hydrogen (secondary N) is 2. The van der Waals surface area contributed by atoms with E-state index >= 15 is 0 Å². The molecule has 33 heavy (non-hydrogen) atoms. The largest absolute Gasteiger partial charge is 0.322 e. The van der Waals surface area contributed by atoms with E-state index in [4.69, 9.17) is 0 Å². The van der Waals surface area contributed by atoms with Crippen molar-refractivity contribution in [1.82, 2.24) is 14.4 Å². The Morgan fingerprint density at radius 3 is 2.73 bits per heavy atom. The van der Waals surface area contributed by atoms with Crippen molar-refractivity contribution < 1.29 is 9.59 Å². The van der Waals surface area contributed by atoms with E-state index < -0.39 is 0 Å². The number of benzene rings is 2. The summed E-state index contributed by atoms with van der Waals surface area (Å²) in [5, 5.41) is 6.21. The van der Waals surface area contributed by atoms with Gasteiger partial charge in [-0.15, -0.1) is 11.8 Å². The second-order valence-electron chi connectivity index (χ2n) is 7.32. The number of nitrogens with zero attached hydrogens (tertiary/aromatic N) is 3. The van der Waals surface area contributed by atoms with E-state index in [1.807, 2.05) is 77.5 Å². The first-order valence-corrected chi connectivity index (χ1v) is 12.0. The van der Waals surface area contributed by atoms with E-state index in [1.165, 1.54) is 18.3 Å². The van der Waals surface area contributed by atoms with E-state index in [1.54, 1.807) is 11.8 Å². The zero-order chi connectivity index (χ0) is 22.8. The maximum absolute atomic E-state index is 13.1. The second-order valence-corrected chi connectivity index (χ2v) is 9.37. The molecule has 164 valence electrons. The number of fused-ring (bicyclic) bond motifs is 2. The van der Waals surface area contributed by atoms with E-state index in [2.05, 4.69) is 20.6 Å². The molecule has 0 fully saturated rings. The average molecular weight is 474 g/mol. The Hall–Kier alpha value is -3.69. The van der Waals surface area contributed by atoms with Crippen LogP contribution in [0.25, 0.3) is 15.9 Å². The fraction of sp³-hybridized carbons (Fsp3) is 0.0833. The number of thiazole rings is 1. The van der Waals surface area contributed by atoms with Crippen LogP contribution in [-0.4, -0.2) is 26.2 Å². The number of amides is 2. The lowest BCUT2D eigenvalue weighted by Crippen LogP contribution is -2.12. The van der Waals surface area contributed by atoms with Crippen LogP contribution in [0.4, 0.5) is 10.8 Å². The van der Waals surface area contributed by atoms with E-state index in [0.29, 0.717) is 22.1 Å². The summed E-state index contributed by atoms with van der Waals surface area (Å²) in [4.78, 5) is 34.2. The highest BCUT2D eigenvalue weighted by molar-refractivity contribution is 7.98. The number of imidazole rings is 1. The summed E-state index contributed by atoms with van der Waals surface area (Å²) < 4.78 is 2.87. The highest BCUT2D eigenvalue weighted by Gasteiger charge is 2.14. The summed E-state index contributed by atoms with van der Waals surface area (Å²) in [7, 11) is 0. The highest BCUT2D eigenvalue weighted by atomic mass is 32.2. The zero-order valence-electron chi connectivity index (χ0n) is 17.6. The molecule has 0 aliphatic rings. The number of pyridine rings is 1. The third kappa shape index (κ3) is 4.74. The maximum Gasteiger partial charge on any atom is 0.256 e. The standard InChI is InChI=1S/C24H19N5O2S2/c1-15(30)25-24-28-19-10-9-16(12-21(19)33-24)27-23(31)18-6-2-3-7-20(18)32-14-17-13-29-11-5-4-8-22(29)26-17/h2-13H,14H2,1H3,(H,27,31)(H,25,28,30). The maximum atomic E-state index is 13.1. The van der Waals surface area contributed by atoms with Gasteiger partial charge in [-0.2, -0.15) is 0 Å². The summed E-state index contributed by atoms with van der Waals surface area (Å²) in [6, 6.07) is 18.9. The minimum Gasteiger partial charge on any atom is -0.322 e. The van der Waals surface area contributed by atoms with Crippen LogP contribution in [0.15, 0.2) is 78.0 Å². The summed E-state index contributed by atoms with van der Waals surface area (Å²) in [6.45, 7) is 1.45. The normalized spacial score (nSPS) is 11.1. The van der Waals surface area contributed by atoms with Crippen molar-refractivity contribution in [2.24, 2.45) is 0 Å². The monoisotopic (exact) mass is 473 g/mol. The molecule has 0 radical (unpaired) electrons. The predicted molar refractivity (Wildman–Crippen MR) is 133 cm³/mol. The smallest absolute Gasteiger partial charge is 0.256 e. The third-order valence-electron chi connectivity index (χ3n) is 4.85. The number of carbonyl (C=O) groups excluding carboxylic acids is 2. The molecule has 0 aliphatic heterocycles. The Balaban J connectivity index is 1.32. The molecule has 5 rings (SSSR count). The van der Waals surface area contributed by atoms with Gasteiger partial charge in [-0.05, 0) is 42.5 Å². The number of carbonyl (C=O) groups is 2.